The van der Waals surface area contributed by atoms with E-state index in [0.29, 0.717) is 51.4 Å². The van der Waals surface area contributed by atoms with E-state index >= 15 is 0 Å². The number of rotatable bonds is 9. The second-order valence-corrected chi connectivity index (χ2v) is 20.3. The number of cyclic esters (lactones) is 2. The normalized spacial score (nSPS) is 28.9. The van der Waals surface area contributed by atoms with E-state index < -0.39 is 120 Å². The lowest BCUT2D eigenvalue weighted by Gasteiger charge is -2.38. The quantitative estimate of drug-likeness (QED) is 0.340. The van der Waals surface area contributed by atoms with Crippen LogP contribution in [0.1, 0.15) is 111 Å². The van der Waals surface area contributed by atoms with Crippen molar-refractivity contribution in [2.75, 3.05) is 26.7 Å². The van der Waals surface area contributed by atoms with Crippen molar-refractivity contribution >= 4 is 47.4 Å². The maximum Gasteiger partial charge on any atom is 0.329 e. The van der Waals surface area contributed by atoms with Gasteiger partial charge in [0.1, 0.15) is 30.2 Å². The number of ether oxygens (including phenoxy) is 2. The summed E-state index contributed by atoms with van der Waals surface area (Å²) in [6, 6.07) is 12.9. The number of fused-ring (bicyclic) bond motifs is 3. The highest BCUT2D eigenvalue weighted by atomic mass is 16.6. The number of nitrogens with one attached hydrogen (secondary N) is 2. The molecule has 10 atom stereocenters. The summed E-state index contributed by atoms with van der Waals surface area (Å²) in [6.45, 7) is 13.2. The van der Waals surface area contributed by atoms with Crippen molar-refractivity contribution in [1.82, 2.24) is 30.2 Å². The number of benzene rings is 2. The topological polar surface area (TPSA) is 192 Å². The first-order chi connectivity index (χ1) is 32.9. The first kappa shape index (κ1) is 52.6. The molecule has 0 unspecified atom stereocenters. The summed E-state index contributed by atoms with van der Waals surface area (Å²) < 4.78 is 12.2. The number of nitrogens with zero attached hydrogens (tertiary/aromatic N) is 4. The van der Waals surface area contributed by atoms with Crippen LogP contribution >= 0.6 is 0 Å². The van der Waals surface area contributed by atoms with Gasteiger partial charge in [0, 0.05) is 39.1 Å². The zero-order valence-corrected chi connectivity index (χ0v) is 41.8. The van der Waals surface area contributed by atoms with Gasteiger partial charge >= 0.3 is 11.9 Å². The van der Waals surface area contributed by atoms with Crippen LogP contribution in [0.25, 0.3) is 0 Å². The Morgan fingerprint density at radius 1 is 0.609 bits per heavy atom. The summed E-state index contributed by atoms with van der Waals surface area (Å²) in [5, 5.41) is 6.13. The largest absolute Gasteiger partial charge is 0.452 e. The van der Waals surface area contributed by atoms with Gasteiger partial charge in [0.25, 0.3) is 11.8 Å². The molecule has 6 rings (SSSR count). The zero-order valence-electron chi connectivity index (χ0n) is 41.8. The van der Waals surface area contributed by atoms with E-state index in [1.54, 1.807) is 34.6 Å². The third-order valence-corrected chi connectivity index (χ3v) is 14.5. The van der Waals surface area contributed by atoms with E-state index in [9.17, 15) is 38.4 Å². The zero-order chi connectivity index (χ0) is 50.1. The lowest BCUT2D eigenvalue weighted by atomic mass is 9.92. The van der Waals surface area contributed by atoms with Crippen molar-refractivity contribution < 1.29 is 47.8 Å². The lowest BCUT2D eigenvalue weighted by Crippen LogP contribution is -2.60. The molecule has 2 aromatic carbocycles. The van der Waals surface area contributed by atoms with Gasteiger partial charge in [-0.05, 0) is 87.2 Å². The van der Waals surface area contributed by atoms with Gasteiger partial charge in [0.2, 0.25) is 23.6 Å². The van der Waals surface area contributed by atoms with E-state index in [1.807, 2.05) is 74.5 Å². The molecule has 0 aromatic heterocycles. The van der Waals surface area contributed by atoms with Gasteiger partial charge < -0.3 is 39.7 Å². The minimum atomic E-state index is -1.34. The summed E-state index contributed by atoms with van der Waals surface area (Å²) in [6.07, 6.45) is 1.24. The highest BCUT2D eigenvalue weighted by Gasteiger charge is 2.47. The SMILES string of the molecule is CCC[C@H]1NC(=O)[C@@H]2CCCN2C(=O)[C@H]([C@H](C)Cc2ccccc2)NC(=O)[C@@H]2CCCN2C(=O)[C@@H](C(C)C)N(C)C(=O)[C@H](C(C)C)OC(=O)[C@@H]2CCCN2C(=O)[C@H](Cc2ccccc2)OC(=O)[C@@H]1C. The highest BCUT2D eigenvalue weighted by molar-refractivity contribution is 5.97. The summed E-state index contributed by atoms with van der Waals surface area (Å²) in [4.78, 5) is 122. The molecule has 4 heterocycles. The van der Waals surface area contributed by atoms with Gasteiger partial charge in [-0.3, -0.25) is 33.6 Å². The molecule has 2 aromatic rings. The number of likely N-dealkylation sites (N-methyl/N-ethyl adjacent to an activating group) is 1. The summed E-state index contributed by atoms with van der Waals surface area (Å²) in [5.41, 5.74) is 1.67. The number of amides is 6. The van der Waals surface area contributed by atoms with E-state index in [-0.39, 0.29) is 32.5 Å². The lowest BCUT2D eigenvalue weighted by molar-refractivity contribution is -0.173. The summed E-state index contributed by atoms with van der Waals surface area (Å²) in [7, 11) is 1.49. The number of hydrogen-bond donors (Lipinski definition) is 2. The fourth-order valence-corrected chi connectivity index (χ4v) is 10.6. The maximum absolute atomic E-state index is 15.0. The van der Waals surface area contributed by atoms with Crippen molar-refractivity contribution in [3.05, 3.63) is 71.8 Å². The van der Waals surface area contributed by atoms with Gasteiger partial charge in [0.15, 0.2) is 12.2 Å². The second-order valence-electron chi connectivity index (χ2n) is 20.3. The Balaban J connectivity index is 1.40. The van der Waals surface area contributed by atoms with Gasteiger partial charge in [-0.1, -0.05) is 109 Å². The van der Waals surface area contributed by atoms with Crippen molar-refractivity contribution in [3.63, 3.8) is 0 Å². The monoisotopic (exact) mass is 955 g/mol. The van der Waals surface area contributed by atoms with Crippen LogP contribution in [-0.2, 0) is 60.7 Å². The molecule has 69 heavy (non-hydrogen) atoms. The van der Waals surface area contributed by atoms with Crippen LogP contribution < -0.4 is 10.6 Å². The van der Waals surface area contributed by atoms with Crippen LogP contribution in [0, 0.1) is 23.7 Å². The Kier molecular flexibility index (Phi) is 18.0. The van der Waals surface area contributed by atoms with Crippen LogP contribution in [0.15, 0.2) is 60.7 Å². The molecule has 4 saturated heterocycles. The molecule has 0 spiro atoms. The Bertz CT molecular complexity index is 2150. The molecule has 16 heteroatoms. The Morgan fingerprint density at radius 3 is 1.68 bits per heavy atom. The minimum Gasteiger partial charge on any atom is -0.452 e. The standard InChI is InChI=1S/C53H74N6O10/c1-9-19-38-35(7)52(66)68-42(31-37-22-14-11-15-23-37)48(62)59-29-18-26-41(59)53(67)69-45(33(4)5)51(65)56(8)44(32(2)3)50(64)58-28-17-25-40(58)47(61)55-43(34(6)30-36-20-12-10-13-21-36)49(63)57-27-16-24-39(57)46(60)54-38/h10-15,20-23,32-35,38-45H,9,16-19,24-31H2,1-8H3,(H,54,60)(H,55,61)/t34-,35-,38-,39+,40+,41+,42+,43+,44-,45+/m1/s1. The molecule has 2 N–H and O–H groups in total. The molecular weight excluding hydrogens is 881 g/mol. The molecule has 16 nitrogen and oxygen atoms in total. The number of carbonyl (C=O) groups is 8. The molecule has 0 radical (unpaired) electrons. The molecule has 0 bridgehead atoms. The average molecular weight is 955 g/mol. The number of esters is 2. The Labute approximate surface area is 407 Å². The van der Waals surface area contributed by atoms with E-state index in [0.717, 1.165) is 11.1 Å². The maximum atomic E-state index is 15.0. The fraction of sp³-hybridized carbons (Fsp3) is 0.623. The summed E-state index contributed by atoms with van der Waals surface area (Å²) in [5.74, 6) is -6.82. The molecule has 4 aliphatic rings. The van der Waals surface area contributed by atoms with E-state index in [2.05, 4.69) is 10.6 Å². The molecule has 0 saturated carbocycles. The number of carbonyl (C=O) groups excluding carboxylic acids is 8. The van der Waals surface area contributed by atoms with Crippen LogP contribution in [0.5, 0.6) is 0 Å². The first-order valence-electron chi connectivity index (χ1n) is 25.2. The van der Waals surface area contributed by atoms with E-state index in [4.69, 9.17) is 9.47 Å². The molecule has 376 valence electrons. The first-order valence-corrected chi connectivity index (χ1v) is 25.2. The predicted molar refractivity (Wildman–Crippen MR) is 258 cm³/mol. The van der Waals surface area contributed by atoms with Gasteiger partial charge in [0.05, 0.1) is 5.92 Å². The van der Waals surface area contributed by atoms with Crippen LogP contribution in [0.4, 0.5) is 0 Å². The Hall–Kier alpha value is -5.80. The minimum absolute atomic E-state index is 0.0150. The molecule has 0 aliphatic carbocycles. The summed E-state index contributed by atoms with van der Waals surface area (Å²) >= 11 is 0. The van der Waals surface area contributed by atoms with Gasteiger partial charge in [-0.25, -0.2) is 4.79 Å². The van der Waals surface area contributed by atoms with E-state index in [1.165, 1.54) is 26.6 Å². The highest BCUT2D eigenvalue weighted by Crippen LogP contribution is 2.29. The van der Waals surface area contributed by atoms with Gasteiger partial charge in [-0.15, -0.1) is 0 Å². The third kappa shape index (κ3) is 12.3. The van der Waals surface area contributed by atoms with Crippen LogP contribution in [0.2, 0.25) is 0 Å². The average Bonchev–Trinajstić information content (AvgIpc) is 4.14. The predicted octanol–water partition coefficient (Wildman–Crippen LogP) is 4.46. The second kappa shape index (κ2) is 23.7. The molecule has 6 amide bonds. The van der Waals surface area contributed by atoms with Gasteiger partial charge in [-0.2, -0.15) is 0 Å². The third-order valence-electron chi connectivity index (χ3n) is 14.5. The van der Waals surface area contributed by atoms with Crippen molar-refractivity contribution in [1.29, 1.82) is 0 Å². The molecule has 4 fully saturated rings. The molecular formula is C53H74N6O10. The fourth-order valence-electron chi connectivity index (χ4n) is 10.6. The van der Waals surface area contributed by atoms with Crippen LogP contribution in [-0.4, -0.2) is 142 Å². The Morgan fingerprint density at radius 2 is 1.13 bits per heavy atom. The van der Waals surface area contributed by atoms with Crippen LogP contribution in [0.3, 0.4) is 0 Å². The van der Waals surface area contributed by atoms with Crippen molar-refractivity contribution in [2.24, 2.45) is 23.7 Å². The smallest absolute Gasteiger partial charge is 0.329 e. The van der Waals surface area contributed by atoms with Crippen molar-refractivity contribution in [3.8, 4) is 0 Å². The number of hydrogen-bond acceptors (Lipinski definition) is 10. The van der Waals surface area contributed by atoms with Crippen molar-refractivity contribution in [2.45, 2.75) is 161 Å². The molecule has 4 aliphatic heterocycles.